The van der Waals surface area contributed by atoms with Gasteiger partial charge in [0.15, 0.2) is 5.82 Å². The van der Waals surface area contributed by atoms with Gasteiger partial charge in [0.1, 0.15) is 0 Å². The Labute approximate surface area is 144 Å². The number of aromatic nitrogens is 2. The van der Waals surface area contributed by atoms with Crippen LogP contribution >= 0.6 is 0 Å². The number of nitrogens with one attached hydrogen (secondary N) is 1. The lowest BCUT2D eigenvalue weighted by Crippen LogP contribution is -2.24. The molecule has 24 heavy (non-hydrogen) atoms. The van der Waals surface area contributed by atoms with Crippen LogP contribution in [0.4, 0.5) is 11.4 Å². The smallest absolute Gasteiger partial charge is 0.245 e. The summed E-state index contributed by atoms with van der Waals surface area (Å²) >= 11 is 0. The fourth-order valence-electron chi connectivity index (χ4n) is 3.18. The molecule has 0 bridgehead atoms. The average molecular weight is 328 g/mol. The standard InChI is InChI=1S/C19H28N4O/c1-2-3-12-18-21-19(24-22-18)15-20-16-10-6-7-11-17(16)23-13-8-4-5-9-14-23/h6-7,10-11,20H,2-5,8-9,12-15H2,1H3. The molecule has 130 valence electrons. The number of rotatable bonds is 7. The van der Waals surface area contributed by atoms with Crippen LogP contribution in [-0.4, -0.2) is 23.2 Å². The summed E-state index contributed by atoms with van der Waals surface area (Å²) in [6.07, 6.45) is 8.38. The van der Waals surface area contributed by atoms with Crippen LogP contribution in [0.15, 0.2) is 28.8 Å². The predicted octanol–water partition coefficient (Wildman–Crippen LogP) is 4.40. The van der Waals surface area contributed by atoms with Crippen LogP contribution in [0.2, 0.25) is 0 Å². The fraction of sp³-hybridized carbons (Fsp3) is 0.579. The molecule has 0 radical (unpaired) electrons. The molecule has 1 aliphatic rings. The van der Waals surface area contributed by atoms with Crippen molar-refractivity contribution in [1.82, 2.24) is 10.1 Å². The fourth-order valence-corrected chi connectivity index (χ4v) is 3.18. The number of nitrogens with zero attached hydrogens (tertiary/aromatic N) is 3. The van der Waals surface area contributed by atoms with Crippen molar-refractivity contribution in [2.24, 2.45) is 0 Å². The summed E-state index contributed by atoms with van der Waals surface area (Å²) in [5.41, 5.74) is 2.43. The summed E-state index contributed by atoms with van der Waals surface area (Å²) in [7, 11) is 0. The van der Waals surface area contributed by atoms with Crippen LogP contribution in [0.3, 0.4) is 0 Å². The molecule has 0 amide bonds. The summed E-state index contributed by atoms with van der Waals surface area (Å²) in [4.78, 5) is 6.96. The maximum atomic E-state index is 5.35. The van der Waals surface area contributed by atoms with Crippen molar-refractivity contribution in [1.29, 1.82) is 0 Å². The SMILES string of the molecule is CCCCc1noc(CNc2ccccc2N2CCCCCC2)n1. The molecule has 1 aliphatic heterocycles. The first-order valence-corrected chi connectivity index (χ1v) is 9.26. The minimum Gasteiger partial charge on any atom is -0.374 e. The van der Waals surface area contributed by atoms with Crippen LogP contribution < -0.4 is 10.2 Å². The third-order valence-electron chi connectivity index (χ3n) is 4.54. The molecule has 0 saturated carbocycles. The van der Waals surface area contributed by atoms with E-state index in [0.29, 0.717) is 12.4 Å². The lowest BCUT2D eigenvalue weighted by atomic mass is 10.2. The van der Waals surface area contributed by atoms with Crippen LogP contribution in [0, 0.1) is 0 Å². The number of aryl methyl sites for hydroxylation is 1. The van der Waals surface area contributed by atoms with Crippen LogP contribution in [0.25, 0.3) is 0 Å². The van der Waals surface area contributed by atoms with Gasteiger partial charge in [-0.2, -0.15) is 4.98 Å². The molecular weight excluding hydrogens is 300 g/mol. The first-order chi connectivity index (χ1) is 11.9. The van der Waals surface area contributed by atoms with Crippen molar-refractivity contribution in [2.75, 3.05) is 23.3 Å². The minimum absolute atomic E-state index is 0.573. The van der Waals surface area contributed by atoms with Crippen LogP contribution in [0.5, 0.6) is 0 Å². The van der Waals surface area contributed by atoms with Gasteiger partial charge in [0.2, 0.25) is 5.89 Å². The van der Waals surface area contributed by atoms with E-state index < -0.39 is 0 Å². The second kappa shape index (κ2) is 8.71. The molecule has 3 rings (SSSR count). The summed E-state index contributed by atoms with van der Waals surface area (Å²) in [5.74, 6) is 1.47. The number of hydrogen-bond acceptors (Lipinski definition) is 5. The van der Waals surface area contributed by atoms with E-state index in [2.05, 4.69) is 51.5 Å². The van der Waals surface area contributed by atoms with Crippen molar-refractivity contribution in [3.05, 3.63) is 36.0 Å². The Hall–Kier alpha value is -2.04. The van der Waals surface area contributed by atoms with Gasteiger partial charge in [0, 0.05) is 19.5 Å². The maximum Gasteiger partial charge on any atom is 0.245 e. The third-order valence-corrected chi connectivity index (χ3v) is 4.54. The summed E-state index contributed by atoms with van der Waals surface area (Å²) in [5, 5.41) is 7.53. The van der Waals surface area contributed by atoms with E-state index in [1.54, 1.807) is 0 Å². The number of anilines is 2. The molecule has 1 N–H and O–H groups in total. The van der Waals surface area contributed by atoms with Crippen molar-refractivity contribution in [3.63, 3.8) is 0 Å². The van der Waals surface area contributed by atoms with Gasteiger partial charge in [-0.25, -0.2) is 0 Å². The van der Waals surface area contributed by atoms with Crippen molar-refractivity contribution in [3.8, 4) is 0 Å². The highest BCUT2D eigenvalue weighted by atomic mass is 16.5. The molecule has 1 aromatic carbocycles. The van der Waals surface area contributed by atoms with Gasteiger partial charge < -0.3 is 14.7 Å². The molecule has 2 aromatic rings. The zero-order valence-corrected chi connectivity index (χ0v) is 14.6. The highest BCUT2D eigenvalue weighted by Gasteiger charge is 2.14. The summed E-state index contributed by atoms with van der Waals surface area (Å²) in [6.45, 7) is 5.02. The largest absolute Gasteiger partial charge is 0.374 e. The Morgan fingerprint density at radius 2 is 1.92 bits per heavy atom. The number of hydrogen-bond donors (Lipinski definition) is 1. The summed E-state index contributed by atoms with van der Waals surface area (Å²) < 4.78 is 5.35. The van der Waals surface area contributed by atoms with Gasteiger partial charge in [-0.15, -0.1) is 0 Å². The molecule has 1 aromatic heterocycles. The van der Waals surface area contributed by atoms with E-state index in [-0.39, 0.29) is 0 Å². The lowest BCUT2D eigenvalue weighted by Gasteiger charge is -2.25. The number of benzene rings is 1. The molecular formula is C19H28N4O. The second-order valence-corrected chi connectivity index (χ2v) is 6.48. The topological polar surface area (TPSA) is 54.2 Å². The Balaban J connectivity index is 1.63. The highest BCUT2D eigenvalue weighted by molar-refractivity contribution is 5.70. The molecule has 1 fully saturated rings. The first-order valence-electron chi connectivity index (χ1n) is 9.26. The van der Waals surface area contributed by atoms with Crippen molar-refractivity contribution < 1.29 is 4.52 Å². The molecule has 5 heteroatoms. The molecule has 2 heterocycles. The van der Waals surface area contributed by atoms with E-state index in [0.717, 1.165) is 43.9 Å². The number of para-hydroxylation sites is 2. The monoisotopic (exact) mass is 328 g/mol. The van der Waals surface area contributed by atoms with E-state index in [1.165, 1.54) is 31.4 Å². The normalized spacial score (nSPS) is 15.3. The maximum absolute atomic E-state index is 5.35. The highest BCUT2D eigenvalue weighted by Crippen LogP contribution is 2.28. The first kappa shape index (κ1) is 16.8. The van der Waals surface area contributed by atoms with E-state index >= 15 is 0 Å². The quantitative estimate of drug-likeness (QED) is 0.816. The van der Waals surface area contributed by atoms with Crippen molar-refractivity contribution in [2.45, 2.75) is 58.4 Å². The lowest BCUT2D eigenvalue weighted by molar-refractivity contribution is 0.377. The second-order valence-electron chi connectivity index (χ2n) is 6.48. The zero-order valence-electron chi connectivity index (χ0n) is 14.6. The van der Waals surface area contributed by atoms with Gasteiger partial charge in [0.05, 0.1) is 17.9 Å². The Morgan fingerprint density at radius 1 is 1.12 bits per heavy atom. The van der Waals surface area contributed by atoms with Gasteiger partial charge in [0.25, 0.3) is 0 Å². The van der Waals surface area contributed by atoms with E-state index in [9.17, 15) is 0 Å². The van der Waals surface area contributed by atoms with Gasteiger partial charge in [-0.05, 0) is 31.4 Å². The van der Waals surface area contributed by atoms with Gasteiger partial charge in [-0.3, -0.25) is 0 Å². The van der Waals surface area contributed by atoms with Gasteiger partial charge in [-0.1, -0.05) is 43.5 Å². The Morgan fingerprint density at radius 3 is 2.71 bits per heavy atom. The van der Waals surface area contributed by atoms with E-state index in [1.807, 2.05) is 0 Å². The van der Waals surface area contributed by atoms with Crippen molar-refractivity contribution >= 4 is 11.4 Å². The summed E-state index contributed by atoms with van der Waals surface area (Å²) in [6, 6.07) is 8.52. The molecule has 5 nitrogen and oxygen atoms in total. The van der Waals surface area contributed by atoms with E-state index in [4.69, 9.17) is 4.52 Å². The van der Waals surface area contributed by atoms with Crippen LogP contribution in [-0.2, 0) is 13.0 Å². The zero-order chi connectivity index (χ0) is 16.6. The predicted molar refractivity (Wildman–Crippen MR) is 97.4 cm³/mol. The number of unbranched alkanes of at least 4 members (excludes halogenated alkanes) is 1. The molecule has 0 unspecified atom stereocenters. The van der Waals surface area contributed by atoms with Gasteiger partial charge >= 0.3 is 0 Å². The van der Waals surface area contributed by atoms with Crippen LogP contribution in [0.1, 0.15) is 57.2 Å². The molecule has 0 aliphatic carbocycles. The molecule has 1 saturated heterocycles. The molecule has 0 atom stereocenters. The average Bonchev–Trinajstić information content (AvgIpc) is 2.90. The third kappa shape index (κ3) is 4.49. The Bertz CT molecular complexity index is 617. The minimum atomic E-state index is 0.573. The Kier molecular flexibility index (Phi) is 6.10. The molecule has 0 spiro atoms.